The van der Waals surface area contributed by atoms with Gasteiger partial charge in [-0.25, -0.2) is 9.69 Å². The fourth-order valence-electron chi connectivity index (χ4n) is 2.77. The van der Waals surface area contributed by atoms with Crippen LogP contribution in [0, 0.1) is 26.2 Å². The minimum atomic E-state index is -0.795. The fraction of sp³-hybridized carbons (Fsp3) is 0.136. The average molecular weight is 409 g/mol. The maximum absolute atomic E-state index is 12.9. The van der Waals surface area contributed by atoms with Crippen LogP contribution < -0.4 is 15.0 Å². The van der Waals surface area contributed by atoms with Crippen LogP contribution in [-0.2, 0) is 9.59 Å². The number of barbiturate groups is 1. The molecule has 2 aromatic rings. The molecule has 1 heterocycles. The molecule has 0 bridgehead atoms. The number of benzene rings is 2. The first kappa shape index (κ1) is 20.2. The highest BCUT2D eigenvalue weighted by molar-refractivity contribution is 6.39. The fourth-order valence-corrected chi connectivity index (χ4v) is 3.01. The van der Waals surface area contributed by atoms with E-state index in [4.69, 9.17) is 22.8 Å². The SMILES string of the molecule is C#CCOc1ccc(/C=C2\C(=O)NC(=O)N(c3ccc(C)c(C)c3)C2=O)cc1Cl. The van der Waals surface area contributed by atoms with Gasteiger partial charge in [-0.3, -0.25) is 14.9 Å². The van der Waals surface area contributed by atoms with Gasteiger partial charge in [0.2, 0.25) is 0 Å². The van der Waals surface area contributed by atoms with E-state index in [-0.39, 0.29) is 17.2 Å². The predicted molar refractivity (Wildman–Crippen MR) is 111 cm³/mol. The van der Waals surface area contributed by atoms with Crippen molar-refractivity contribution in [2.75, 3.05) is 11.5 Å². The van der Waals surface area contributed by atoms with Crippen LogP contribution in [0.4, 0.5) is 10.5 Å². The molecular formula is C22H17ClN2O4. The number of carbonyl (C=O) groups is 3. The summed E-state index contributed by atoms with van der Waals surface area (Å²) < 4.78 is 5.30. The first-order valence-corrected chi connectivity index (χ1v) is 9.04. The number of halogens is 1. The molecule has 1 aliphatic rings. The van der Waals surface area contributed by atoms with Gasteiger partial charge in [0.15, 0.2) is 0 Å². The van der Waals surface area contributed by atoms with Gasteiger partial charge in [-0.15, -0.1) is 6.42 Å². The number of nitrogens with zero attached hydrogens (tertiary/aromatic N) is 1. The number of hydrogen-bond acceptors (Lipinski definition) is 4. The third-order valence-electron chi connectivity index (χ3n) is 4.43. The van der Waals surface area contributed by atoms with E-state index in [0.717, 1.165) is 16.0 Å². The zero-order valence-corrected chi connectivity index (χ0v) is 16.5. The second-order valence-electron chi connectivity index (χ2n) is 6.41. The topological polar surface area (TPSA) is 75.7 Å². The molecule has 1 aliphatic heterocycles. The lowest BCUT2D eigenvalue weighted by molar-refractivity contribution is -0.122. The number of hydrogen-bond donors (Lipinski definition) is 1. The number of ether oxygens (including phenoxy) is 1. The Labute approximate surface area is 173 Å². The summed E-state index contributed by atoms with van der Waals surface area (Å²) in [5.41, 5.74) is 2.63. The zero-order chi connectivity index (χ0) is 21.1. The molecule has 3 rings (SSSR count). The van der Waals surface area contributed by atoms with Crippen LogP contribution in [0.15, 0.2) is 42.0 Å². The Kier molecular flexibility index (Phi) is 5.71. The van der Waals surface area contributed by atoms with Crippen molar-refractivity contribution in [3.05, 3.63) is 63.7 Å². The lowest BCUT2D eigenvalue weighted by Crippen LogP contribution is -2.54. The van der Waals surface area contributed by atoms with E-state index in [2.05, 4.69) is 11.2 Å². The van der Waals surface area contributed by atoms with Gasteiger partial charge in [0.05, 0.1) is 10.7 Å². The van der Waals surface area contributed by atoms with Crippen molar-refractivity contribution in [2.24, 2.45) is 0 Å². The first-order valence-electron chi connectivity index (χ1n) is 8.66. The zero-order valence-electron chi connectivity index (χ0n) is 15.8. The van der Waals surface area contributed by atoms with Gasteiger partial charge in [0.25, 0.3) is 11.8 Å². The summed E-state index contributed by atoms with van der Waals surface area (Å²) in [6, 6.07) is 9.14. The molecule has 7 heteroatoms. The molecule has 146 valence electrons. The highest BCUT2D eigenvalue weighted by atomic mass is 35.5. The van der Waals surface area contributed by atoms with E-state index >= 15 is 0 Å². The maximum Gasteiger partial charge on any atom is 0.335 e. The predicted octanol–water partition coefficient (Wildman–Crippen LogP) is 3.64. The Balaban J connectivity index is 1.96. The van der Waals surface area contributed by atoms with Crippen molar-refractivity contribution >= 4 is 41.2 Å². The molecule has 1 N–H and O–H groups in total. The first-order chi connectivity index (χ1) is 13.8. The van der Waals surface area contributed by atoms with Crippen molar-refractivity contribution in [2.45, 2.75) is 13.8 Å². The third kappa shape index (κ3) is 4.15. The van der Waals surface area contributed by atoms with Gasteiger partial charge in [0, 0.05) is 0 Å². The molecule has 6 nitrogen and oxygen atoms in total. The minimum Gasteiger partial charge on any atom is -0.479 e. The van der Waals surface area contributed by atoms with Crippen molar-refractivity contribution in [3.8, 4) is 18.1 Å². The van der Waals surface area contributed by atoms with Crippen molar-refractivity contribution in [1.82, 2.24) is 5.32 Å². The molecule has 0 radical (unpaired) electrons. The number of nitrogens with one attached hydrogen (secondary N) is 1. The Morgan fingerprint density at radius 1 is 1.14 bits per heavy atom. The number of carbonyl (C=O) groups excluding carboxylic acids is 3. The summed E-state index contributed by atoms with van der Waals surface area (Å²) in [7, 11) is 0. The van der Waals surface area contributed by atoms with Gasteiger partial charge in [-0.1, -0.05) is 29.7 Å². The summed E-state index contributed by atoms with van der Waals surface area (Å²) in [5, 5.41) is 2.47. The Hall–Kier alpha value is -3.56. The highest BCUT2D eigenvalue weighted by Gasteiger charge is 2.36. The molecule has 0 unspecified atom stereocenters. The quantitative estimate of drug-likeness (QED) is 0.476. The molecule has 0 saturated carbocycles. The highest BCUT2D eigenvalue weighted by Crippen LogP contribution is 2.28. The Morgan fingerprint density at radius 3 is 2.55 bits per heavy atom. The molecule has 29 heavy (non-hydrogen) atoms. The number of imide groups is 2. The largest absolute Gasteiger partial charge is 0.479 e. The normalized spacial score (nSPS) is 15.3. The molecule has 0 aromatic heterocycles. The lowest BCUT2D eigenvalue weighted by atomic mass is 10.0. The van der Waals surface area contributed by atoms with E-state index < -0.39 is 17.8 Å². The number of terminal acetylenes is 1. The van der Waals surface area contributed by atoms with Gasteiger partial charge >= 0.3 is 6.03 Å². The maximum atomic E-state index is 12.9. The van der Waals surface area contributed by atoms with Crippen LogP contribution in [0.3, 0.4) is 0 Å². The van der Waals surface area contributed by atoms with E-state index in [0.29, 0.717) is 17.0 Å². The van der Waals surface area contributed by atoms with E-state index in [1.165, 1.54) is 12.1 Å². The summed E-state index contributed by atoms with van der Waals surface area (Å²) in [6.07, 6.45) is 6.53. The number of anilines is 1. The number of rotatable bonds is 4. The smallest absolute Gasteiger partial charge is 0.335 e. The standard InChI is InChI=1S/C22H17ClN2O4/c1-4-9-29-19-8-6-15(12-18(19)23)11-17-20(26)24-22(28)25(21(17)27)16-7-5-13(2)14(3)10-16/h1,5-8,10-12H,9H2,2-3H3,(H,24,26,28)/b17-11+. The summed E-state index contributed by atoms with van der Waals surface area (Å²) in [6.45, 7) is 3.86. The second kappa shape index (κ2) is 8.21. The van der Waals surface area contributed by atoms with E-state index in [1.807, 2.05) is 13.8 Å². The summed E-state index contributed by atoms with van der Waals surface area (Å²) >= 11 is 6.16. The Morgan fingerprint density at radius 2 is 1.90 bits per heavy atom. The number of aryl methyl sites for hydroxylation is 2. The van der Waals surface area contributed by atoms with Crippen LogP contribution in [0.25, 0.3) is 6.08 Å². The van der Waals surface area contributed by atoms with Gasteiger partial charge in [0.1, 0.15) is 17.9 Å². The molecule has 1 fully saturated rings. The second-order valence-corrected chi connectivity index (χ2v) is 6.82. The van der Waals surface area contributed by atoms with Gasteiger partial charge < -0.3 is 4.74 Å². The van der Waals surface area contributed by atoms with Gasteiger partial charge in [-0.05, 0) is 60.9 Å². The van der Waals surface area contributed by atoms with Crippen molar-refractivity contribution < 1.29 is 19.1 Å². The third-order valence-corrected chi connectivity index (χ3v) is 4.72. The Bertz CT molecular complexity index is 1100. The van der Waals surface area contributed by atoms with Crippen molar-refractivity contribution in [1.29, 1.82) is 0 Å². The lowest BCUT2D eigenvalue weighted by Gasteiger charge is -2.26. The van der Waals surface area contributed by atoms with Crippen LogP contribution in [0.2, 0.25) is 5.02 Å². The molecule has 4 amide bonds. The summed E-state index contributed by atoms with van der Waals surface area (Å²) in [4.78, 5) is 38.5. The minimum absolute atomic E-state index is 0.0636. The molecule has 0 spiro atoms. The number of amides is 4. The van der Waals surface area contributed by atoms with Gasteiger partial charge in [-0.2, -0.15) is 0 Å². The average Bonchev–Trinajstić information content (AvgIpc) is 2.67. The monoisotopic (exact) mass is 408 g/mol. The number of urea groups is 1. The molecule has 1 saturated heterocycles. The van der Waals surface area contributed by atoms with Crippen molar-refractivity contribution in [3.63, 3.8) is 0 Å². The molecule has 2 aromatic carbocycles. The van der Waals surface area contributed by atoms with Crippen LogP contribution in [0.5, 0.6) is 5.75 Å². The van der Waals surface area contributed by atoms with Crippen LogP contribution in [-0.4, -0.2) is 24.5 Å². The summed E-state index contributed by atoms with van der Waals surface area (Å²) in [5.74, 6) is 1.24. The van der Waals surface area contributed by atoms with Crippen LogP contribution in [0.1, 0.15) is 16.7 Å². The van der Waals surface area contributed by atoms with Crippen LogP contribution >= 0.6 is 11.6 Å². The van der Waals surface area contributed by atoms with E-state index in [9.17, 15) is 14.4 Å². The molecular weight excluding hydrogens is 392 g/mol. The molecule has 0 aliphatic carbocycles. The van der Waals surface area contributed by atoms with E-state index in [1.54, 1.807) is 30.3 Å². The molecule has 0 atom stereocenters.